The standard InChI is InChI=1S/C25H30N2O6/c1-3-15(2)12-21(23(29)26-13-22(28)24(30)31)27-25(32)33-14-20-18-10-6-4-8-16(18)17-9-5-7-11-19(17)20/h4-11,15,20-22,28H,3,12-14H2,1-2H3,(H,26,29)(H,27,32)(H,30,31)/t15?,21?,22-/m0/s1. The number of alkyl carbamates (subject to hydrolysis) is 1. The van der Waals surface area contributed by atoms with E-state index in [1.165, 1.54) is 0 Å². The van der Waals surface area contributed by atoms with E-state index < -0.39 is 36.7 Å². The molecule has 0 spiro atoms. The van der Waals surface area contributed by atoms with E-state index in [0.29, 0.717) is 6.42 Å². The minimum absolute atomic E-state index is 0.101. The first-order chi connectivity index (χ1) is 15.8. The van der Waals surface area contributed by atoms with Crippen molar-refractivity contribution in [3.05, 3.63) is 59.7 Å². The number of hydrogen-bond acceptors (Lipinski definition) is 5. The fraction of sp³-hybridized carbons (Fsp3) is 0.400. The number of aliphatic hydroxyl groups is 1. The van der Waals surface area contributed by atoms with Gasteiger partial charge in [0.15, 0.2) is 6.10 Å². The molecule has 0 fully saturated rings. The summed E-state index contributed by atoms with van der Waals surface area (Å²) in [4.78, 5) is 35.9. The molecule has 2 amide bonds. The minimum atomic E-state index is -1.72. The molecule has 0 aliphatic heterocycles. The van der Waals surface area contributed by atoms with Gasteiger partial charge in [-0.05, 0) is 34.6 Å². The molecule has 0 radical (unpaired) electrons. The maximum atomic E-state index is 12.6. The Morgan fingerprint density at radius 1 is 1.03 bits per heavy atom. The van der Waals surface area contributed by atoms with Crippen LogP contribution in [-0.2, 0) is 14.3 Å². The van der Waals surface area contributed by atoms with Crippen LogP contribution in [0.3, 0.4) is 0 Å². The van der Waals surface area contributed by atoms with E-state index in [1.807, 2.05) is 62.4 Å². The molecule has 8 nitrogen and oxygen atoms in total. The lowest BCUT2D eigenvalue weighted by molar-refractivity contribution is -0.146. The van der Waals surface area contributed by atoms with Gasteiger partial charge in [0.25, 0.3) is 0 Å². The van der Waals surface area contributed by atoms with Gasteiger partial charge in [-0.1, -0.05) is 68.8 Å². The number of carboxylic acids is 1. The number of hydrogen-bond donors (Lipinski definition) is 4. The summed E-state index contributed by atoms with van der Waals surface area (Å²) >= 11 is 0. The van der Waals surface area contributed by atoms with E-state index in [4.69, 9.17) is 9.84 Å². The normalized spacial score (nSPS) is 15.0. The zero-order valence-corrected chi connectivity index (χ0v) is 18.8. The Morgan fingerprint density at radius 3 is 2.15 bits per heavy atom. The Bertz CT molecular complexity index is 962. The van der Waals surface area contributed by atoms with Gasteiger partial charge >= 0.3 is 12.1 Å². The molecule has 1 aliphatic carbocycles. The Hall–Kier alpha value is -3.39. The molecule has 0 aromatic heterocycles. The van der Waals surface area contributed by atoms with Crippen LogP contribution >= 0.6 is 0 Å². The van der Waals surface area contributed by atoms with Crippen molar-refractivity contribution in [3.8, 4) is 11.1 Å². The molecular formula is C25H30N2O6. The molecule has 3 rings (SSSR count). The zero-order valence-electron chi connectivity index (χ0n) is 18.8. The van der Waals surface area contributed by atoms with E-state index >= 15 is 0 Å². The van der Waals surface area contributed by atoms with Crippen molar-refractivity contribution >= 4 is 18.0 Å². The molecule has 2 aromatic carbocycles. The molecular weight excluding hydrogens is 424 g/mol. The maximum Gasteiger partial charge on any atom is 0.407 e. The molecule has 1 aliphatic rings. The Balaban J connectivity index is 1.64. The van der Waals surface area contributed by atoms with Crippen LogP contribution in [0.25, 0.3) is 11.1 Å². The second-order valence-corrected chi connectivity index (χ2v) is 8.37. The monoisotopic (exact) mass is 454 g/mol. The Labute approximate surface area is 193 Å². The van der Waals surface area contributed by atoms with Crippen molar-refractivity contribution in [3.63, 3.8) is 0 Å². The number of carboxylic acid groups (broad SMARTS) is 1. The number of aliphatic carboxylic acids is 1. The maximum absolute atomic E-state index is 12.6. The van der Waals surface area contributed by atoms with Crippen LogP contribution in [0, 0.1) is 5.92 Å². The van der Waals surface area contributed by atoms with Crippen LogP contribution < -0.4 is 10.6 Å². The number of amides is 2. The summed E-state index contributed by atoms with van der Waals surface area (Å²) in [6.07, 6.45) is -1.28. The molecule has 0 saturated carbocycles. The lowest BCUT2D eigenvalue weighted by Crippen LogP contribution is -2.50. The molecule has 0 saturated heterocycles. The SMILES string of the molecule is CCC(C)CC(NC(=O)OCC1c2ccccc2-c2ccccc21)C(=O)NC[C@H](O)C(=O)O. The number of rotatable bonds is 10. The summed E-state index contributed by atoms with van der Waals surface area (Å²) in [5.41, 5.74) is 4.41. The molecule has 8 heteroatoms. The minimum Gasteiger partial charge on any atom is -0.479 e. The predicted octanol–water partition coefficient (Wildman–Crippen LogP) is 2.89. The highest BCUT2D eigenvalue weighted by atomic mass is 16.5. The van der Waals surface area contributed by atoms with Crippen molar-refractivity contribution in [1.82, 2.24) is 10.6 Å². The average Bonchev–Trinajstić information content (AvgIpc) is 3.14. The van der Waals surface area contributed by atoms with Crippen LogP contribution in [0.4, 0.5) is 4.79 Å². The lowest BCUT2D eigenvalue weighted by atomic mass is 9.98. The number of fused-ring (bicyclic) bond motifs is 3. The summed E-state index contributed by atoms with van der Waals surface area (Å²) < 4.78 is 5.53. The fourth-order valence-corrected chi connectivity index (χ4v) is 3.99. The van der Waals surface area contributed by atoms with Crippen molar-refractivity contribution < 1.29 is 29.3 Å². The molecule has 176 valence electrons. The van der Waals surface area contributed by atoms with Crippen molar-refractivity contribution in [1.29, 1.82) is 0 Å². The Morgan fingerprint density at radius 2 is 1.61 bits per heavy atom. The van der Waals surface area contributed by atoms with Gasteiger partial charge in [-0.2, -0.15) is 0 Å². The number of aliphatic hydroxyl groups excluding tert-OH is 1. The third-order valence-corrected chi connectivity index (χ3v) is 6.04. The molecule has 33 heavy (non-hydrogen) atoms. The van der Waals surface area contributed by atoms with Gasteiger partial charge in [-0.15, -0.1) is 0 Å². The quantitative estimate of drug-likeness (QED) is 0.438. The van der Waals surface area contributed by atoms with Gasteiger partial charge in [-0.25, -0.2) is 9.59 Å². The number of benzene rings is 2. The first kappa shape index (κ1) is 24.3. The van der Waals surface area contributed by atoms with Crippen LogP contribution in [0.15, 0.2) is 48.5 Å². The molecule has 3 atom stereocenters. The van der Waals surface area contributed by atoms with Gasteiger partial charge in [0.1, 0.15) is 12.6 Å². The molecule has 0 heterocycles. The van der Waals surface area contributed by atoms with Gasteiger partial charge < -0.3 is 25.6 Å². The number of ether oxygens (including phenoxy) is 1. The van der Waals surface area contributed by atoms with Crippen molar-refractivity contribution in [2.75, 3.05) is 13.2 Å². The van der Waals surface area contributed by atoms with Gasteiger partial charge in [0, 0.05) is 5.92 Å². The van der Waals surface area contributed by atoms with E-state index in [9.17, 15) is 19.5 Å². The zero-order chi connectivity index (χ0) is 24.0. The van der Waals surface area contributed by atoms with Crippen LogP contribution in [0.1, 0.15) is 43.7 Å². The highest BCUT2D eigenvalue weighted by Gasteiger charge is 2.30. The van der Waals surface area contributed by atoms with E-state index in [-0.39, 0.29) is 18.4 Å². The van der Waals surface area contributed by atoms with Crippen LogP contribution in [0.2, 0.25) is 0 Å². The number of nitrogens with one attached hydrogen (secondary N) is 2. The second-order valence-electron chi connectivity index (χ2n) is 8.37. The van der Waals surface area contributed by atoms with Crippen molar-refractivity contribution in [2.24, 2.45) is 5.92 Å². The third kappa shape index (κ3) is 5.90. The van der Waals surface area contributed by atoms with Crippen LogP contribution in [-0.4, -0.2) is 53.5 Å². The Kier molecular flexibility index (Phi) is 8.06. The predicted molar refractivity (Wildman–Crippen MR) is 123 cm³/mol. The summed E-state index contributed by atoms with van der Waals surface area (Å²) in [5.74, 6) is -1.96. The fourth-order valence-electron chi connectivity index (χ4n) is 3.99. The third-order valence-electron chi connectivity index (χ3n) is 6.04. The van der Waals surface area contributed by atoms with Crippen LogP contribution in [0.5, 0.6) is 0 Å². The first-order valence-corrected chi connectivity index (χ1v) is 11.1. The first-order valence-electron chi connectivity index (χ1n) is 11.1. The van der Waals surface area contributed by atoms with Gasteiger partial charge in [0.05, 0.1) is 6.54 Å². The summed E-state index contributed by atoms with van der Waals surface area (Å²) in [7, 11) is 0. The summed E-state index contributed by atoms with van der Waals surface area (Å²) in [6.45, 7) is 3.60. The lowest BCUT2D eigenvalue weighted by Gasteiger charge is -2.22. The average molecular weight is 455 g/mol. The molecule has 2 unspecified atom stereocenters. The number of carbonyl (C=O) groups excluding carboxylic acids is 2. The summed E-state index contributed by atoms with van der Waals surface area (Å²) in [6, 6.07) is 15.1. The highest BCUT2D eigenvalue weighted by Crippen LogP contribution is 2.44. The second kappa shape index (κ2) is 11.0. The van der Waals surface area contributed by atoms with Gasteiger partial charge in [0.2, 0.25) is 5.91 Å². The molecule has 2 aromatic rings. The molecule has 4 N–H and O–H groups in total. The smallest absolute Gasteiger partial charge is 0.407 e. The topological polar surface area (TPSA) is 125 Å². The van der Waals surface area contributed by atoms with E-state index in [2.05, 4.69) is 10.6 Å². The van der Waals surface area contributed by atoms with Gasteiger partial charge in [-0.3, -0.25) is 4.79 Å². The number of carbonyl (C=O) groups is 3. The van der Waals surface area contributed by atoms with Crippen molar-refractivity contribution in [2.45, 2.75) is 44.8 Å². The van der Waals surface area contributed by atoms with E-state index in [0.717, 1.165) is 28.7 Å². The highest BCUT2D eigenvalue weighted by molar-refractivity contribution is 5.86. The van der Waals surface area contributed by atoms with E-state index in [1.54, 1.807) is 0 Å². The summed E-state index contributed by atoms with van der Waals surface area (Å²) in [5, 5.41) is 23.2. The molecule has 0 bridgehead atoms. The largest absolute Gasteiger partial charge is 0.479 e.